The molecule has 1 aliphatic heterocycles. The molecule has 0 bridgehead atoms. The molecule has 0 amide bonds. The molecule has 0 saturated heterocycles. The standard InChI is InChI=1S/C15H19N3O2/c1-2-3-7-11(16)15-17-14(18-20-15)13-9-10-6-4-5-8-12(10)19-13/h4-6,8,11,13H,2-3,7,9,16H2,1H3. The average molecular weight is 273 g/mol. The van der Waals surface area contributed by atoms with Gasteiger partial charge in [-0.15, -0.1) is 0 Å². The first kappa shape index (κ1) is 13.1. The van der Waals surface area contributed by atoms with Crippen LogP contribution in [0.1, 0.15) is 55.6 Å². The Labute approximate surface area is 118 Å². The Morgan fingerprint density at radius 1 is 1.40 bits per heavy atom. The summed E-state index contributed by atoms with van der Waals surface area (Å²) in [7, 11) is 0. The molecular formula is C15H19N3O2. The first-order valence-electron chi connectivity index (χ1n) is 7.11. The molecule has 2 atom stereocenters. The van der Waals surface area contributed by atoms with E-state index in [9.17, 15) is 0 Å². The fraction of sp³-hybridized carbons (Fsp3) is 0.467. The monoisotopic (exact) mass is 273 g/mol. The molecule has 2 heterocycles. The van der Waals surface area contributed by atoms with Gasteiger partial charge in [0, 0.05) is 6.42 Å². The van der Waals surface area contributed by atoms with E-state index in [0.717, 1.165) is 31.4 Å². The molecule has 0 aliphatic carbocycles. The van der Waals surface area contributed by atoms with Crippen LogP contribution in [0.3, 0.4) is 0 Å². The van der Waals surface area contributed by atoms with Crippen molar-refractivity contribution in [1.82, 2.24) is 10.1 Å². The summed E-state index contributed by atoms with van der Waals surface area (Å²) in [5.41, 5.74) is 7.22. The van der Waals surface area contributed by atoms with E-state index in [2.05, 4.69) is 23.1 Å². The van der Waals surface area contributed by atoms with Gasteiger partial charge in [-0.05, 0) is 18.1 Å². The van der Waals surface area contributed by atoms with Gasteiger partial charge in [0.05, 0.1) is 6.04 Å². The fourth-order valence-corrected chi connectivity index (χ4v) is 2.40. The summed E-state index contributed by atoms with van der Waals surface area (Å²) in [5.74, 6) is 2.00. The number of benzene rings is 1. The lowest BCUT2D eigenvalue weighted by atomic mass is 10.1. The van der Waals surface area contributed by atoms with E-state index in [1.807, 2.05) is 18.2 Å². The van der Waals surface area contributed by atoms with Crippen molar-refractivity contribution in [2.45, 2.75) is 44.8 Å². The topological polar surface area (TPSA) is 74.2 Å². The van der Waals surface area contributed by atoms with Gasteiger partial charge in [-0.2, -0.15) is 4.98 Å². The van der Waals surface area contributed by atoms with Gasteiger partial charge < -0.3 is 15.0 Å². The lowest BCUT2D eigenvalue weighted by molar-refractivity contribution is 0.220. The molecule has 2 N–H and O–H groups in total. The second kappa shape index (κ2) is 5.63. The third-order valence-electron chi connectivity index (χ3n) is 3.58. The number of nitrogens with zero attached hydrogens (tertiary/aromatic N) is 2. The first-order valence-corrected chi connectivity index (χ1v) is 7.11. The smallest absolute Gasteiger partial charge is 0.243 e. The van der Waals surface area contributed by atoms with Crippen LogP contribution in [0, 0.1) is 0 Å². The molecule has 0 spiro atoms. The van der Waals surface area contributed by atoms with Crippen LogP contribution in [0.15, 0.2) is 28.8 Å². The molecule has 3 rings (SSSR count). The number of nitrogens with two attached hydrogens (primary N) is 1. The van der Waals surface area contributed by atoms with E-state index < -0.39 is 0 Å². The zero-order valence-electron chi connectivity index (χ0n) is 11.6. The molecule has 1 aromatic heterocycles. The van der Waals surface area contributed by atoms with Crippen molar-refractivity contribution in [2.24, 2.45) is 5.73 Å². The molecular weight excluding hydrogens is 254 g/mol. The molecule has 1 aromatic carbocycles. The Balaban J connectivity index is 1.69. The molecule has 1 aliphatic rings. The minimum atomic E-state index is -0.181. The van der Waals surface area contributed by atoms with E-state index in [-0.39, 0.29) is 12.1 Å². The lowest BCUT2D eigenvalue weighted by Crippen LogP contribution is -2.11. The third kappa shape index (κ3) is 2.54. The number of hydrogen-bond donors (Lipinski definition) is 1. The average Bonchev–Trinajstić information content (AvgIpc) is 3.10. The highest BCUT2D eigenvalue weighted by molar-refractivity contribution is 5.37. The second-order valence-electron chi connectivity index (χ2n) is 5.16. The molecule has 5 nitrogen and oxygen atoms in total. The minimum Gasteiger partial charge on any atom is -0.482 e. The van der Waals surface area contributed by atoms with Crippen LogP contribution in [0.2, 0.25) is 0 Å². The van der Waals surface area contributed by atoms with Gasteiger partial charge in [0.25, 0.3) is 0 Å². The summed E-state index contributed by atoms with van der Waals surface area (Å²) >= 11 is 0. The van der Waals surface area contributed by atoms with Gasteiger partial charge in [-0.3, -0.25) is 0 Å². The van der Waals surface area contributed by atoms with Gasteiger partial charge in [-0.25, -0.2) is 0 Å². The van der Waals surface area contributed by atoms with Crippen molar-refractivity contribution in [3.8, 4) is 5.75 Å². The molecule has 2 unspecified atom stereocenters. The van der Waals surface area contributed by atoms with Crippen molar-refractivity contribution in [1.29, 1.82) is 0 Å². The number of fused-ring (bicyclic) bond motifs is 1. The number of ether oxygens (including phenoxy) is 1. The maximum Gasteiger partial charge on any atom is 0.243 e. The number of rotatable bonds is 5. The molecule has 106 valence electrons. The normalized spacial score (nSPS) is 18.6. The van der Waals surface area contributed by atoms with Crippen LogP contribution in [-0.2, 0) is 6.42 Å². The van der Waals surface area contributed by atoms with Gasteiger partial charge in [0.1, 0.15) is 5.75 Å². The van der Waals surface area contributed by atoms with Gasteiger partial charge in [-0.1, -0.05) is 43.1 Å². The van der Waals surface area contributed by atoms with E-state index in [1.54, 1.807) is 0 Å². The van der Waals surface area contributed by atoms with Crippen molar-refractivity contribution in [3.63, 3.8) is 0 Å². The second-order valence-corrected chi connectivity index (χ2v) is 5.16. The molecule has 5 heteroatoms. The number of aromatic nitrogens is 2. The highest BCUT2D eigenvalue weighted by atomic mass is 16.5. The zero-order valence-corrected chi connectivity index (χ0v) is 11.6. The van der Waals surface area contributed by atoms with Crippen LogP contribution >= 0.6 is 0 Å². The largest absolute Gasteiger partial charge is 0.482 e. The van der Waals surface area contributed by atoms with Crippen molar-refractivity contribution < 1.29 is 9.26 Å². The summed E-state index contributed by atoms with van der Waals surface area (Å²) in [6.07, 6.45) is 3.65. The maximum atomic E-state index is 6.04. The third-order valence-corrected chi connectivity index (χ3v) is 3.58. The van der Waals surface area contributed by atoms with Crippen LogP contribution in [0.25, 0.3) is 0 Å². The molecule has 0 radical (unpaired) electrons. The minimum absolute atomic E-state index is 0.164. The predicted octanol–water partition coefficient (Wildman–Crippen LogP) is 2.94. The summed E-state index contributed by atoms with van der Waals surface area (Å²) in [6.45, 7) is 2.13. The highest BCUT2D eigenvalue weighted by Gasteiger charge is 2.28. The Morgan fingerprint density at radius 2 is 2.25 bits per heavy atom. The molecule has 2 aromatic rings. The molecule has 20 heavy (non-hydrogen) atoms. The van der Waals surface area contributed by atoms with Crippen LogP contribution < -0.4 is 10.5 Å². The highest BCUT2D eigenvalue weighted by Crippen LogP contribution is 2.35. The summed E-state index contributed by atoms with van der Waals surface area (Å²) in [4.78, 5) is 4.40. The number of para-hydroxylation sites is 1. The Hall–Kier alpha value is -1.88. The van der Waals surface area contributed by atoms with Crippen molar-refractivity contribution >= 4 is 0 Å². The molecule has 0 saturated carbocycles. The summed E-state index contributed by atoms with van der Waals surface area (Å²) in [5, 5.41) is 4.02. The van der Waals surface area contributed by atoms with E-state index in [0.29, 0.717) is 11.7 Å². The Morgan fingerprint density at radius 3 is 3.05 bits per heavy atom. The number of hydrogen-bond acceptors (Lipinski definition) is 5. The van der Waals surface area contributed by atoms with Crippen LogP contribution in [-0.4, -0.2) is 10.1 Å². The van der Waals surface area contributed by atoms with E-state index in [4.69, 9.17) is 15.0 Å². The maximum absolute atomic E-state index is 6.04. The van der Waals surface area contributed by atoms with Gasteiger partial charge in [0.15, 0.2) is 6.10 Å². The lowest BCUT2D eigenvalue weighted by Gasteiger charge is -2.05. The predicted molar refractivity (Wildman–Crippen MR) is 74.3 cm³/mol. The van der Waals surface area contributed by atoms with E-state index in [1.165, 1.54) is 5.56 Å². The fourth-order valence-electron chi connectivity index (χ4n) is 2.40. The summed E-state index contributed by atoms with van der Waals surface area (Å²) < 4.78 is 11.1. The van der Waals surface area contributed by atoms with Crippen LogP contribution in [0.5, 0.6) is 5.75 Å². The van der Waals surface area contributed by atoms with Gasteiger partial charge in [0.2, 0.25) is 11.7 Å². The Kier molecular flexibility index (Phi) is 3.69. The molecule has 0 fully saturated rings. The SMILES string of the molecule is CCCCC(N)c1nc(C2Cc3ccccc3O2)no1. The zero-order chi connectivity index (χ0) is 13.9. The van der Waals surface area contributed by atoms with Crippen molar-refractivity contribution in [3.05, 3.63) is 41.5 Å². The Bertz CT molecular complexity index is 557. The van der Waals surface area contributed by atoms with E-state index >= 15 is 0 Å². The van der Waals surface area contributed by atoms with Gasteiger partial charge >= 0.3 is 0 Å². The summed E-state index contributed by atoms with van der Waals surface area (Å²) in [6, 6.07) is 7.81. The first-order chi connectivity index (χ1) is 9.78. The van der Waals surface area contributed by atoms with Crippen LogP contribution in [0.4, 0.5) is 0 Å². The van der Waals surface area contributed by atoms with Crippen molar-refractivity contribution in [2.75, 3.05) is 0 Å². The quantitative estimate of drug-likeness (QED) is 0.906. The number of unbranched alkanes of at least 4 members (excludes halogenated alkanes) is 1.